The number of hydrogen-bond acceptors (Lipinski definition) is 4. The summed E-state index contributed by atoms with van der Waals surface area (Å²) in [5, 5.41) is 15.4. The summed E-state index contributed by atoms with van der Waals surface area (Å²) in [7, 11) is 0. The van der Waals surface area contributed by atoms with Crippen molar-refractivity contribution in [3.05, 3.63) is 34.0 Å². The highest BCUT2D eigenvalue weighted by atomic mass is 16.6. The lowest BCUT2D eigenvalue weighted by Gasteiger charge is -2.07. The van der Waals surface area contributed by atoms with E-state index < -0.39 is 0 Å². The van der Waals surface area contributed by atoms with Crippen LogP contribution in [0.2, 0.25) is 0 Å². The molecule has 0 saturated heterocycles. The van der Waals surface area contributed by atoms with Gasteiger partial charge in [0.25, 0.3) is 0 Å². The Labute approximate surface area is 104 Å². The number of aromatic nitrogens is 4. The minimum Gasteiger partial charge on any atom is -0.282 e. The van der Waals surface area contributed by atoms with Gasteiger partial charge in [0.05, 0.1) is 4.92 Å². The van der Waals surface area contributed by atoms with Crippen LogP contribution >= 0.6 is 0 Å². The molecule has 0 aromatic carbocycles. The topological polar surface area (TPSA) is 78.8 Å². The SMILES string of the molecule is CCc1nccn1-c1c([N+](=O)[O-])c(C)nn1CC. The molecule has 2 aromatic rings. The summed E-state index contributed by atoms with van der Waals surface area (Å²) in [4.78, 5) is 15.0. The number of hydrogen-bond donors (Lipinski definition) is 0. The van der Waals surface area contributed by atoms with Gasteiger partial charge in [0, 0.05) is 25.4 Å². The first-order valence-electron chi connectivity index (χ1n) is 5.84. The molecule has 7 heteroatoms. The van der Waals surface area contributed by atoms with Gasteiger partial charge in [-0.2, -0.15) is 5.10 Å². The third-order valence-electron chi connectivity index (χ3n) is 2.81. The van der Waals surface area contributed by atoms with Crippen LogP contribution in [0, 0.1) is 17.0 Å². The van der Waals surface area contributed by atoms with E-state index in [0.29, 0.717) is 24.5 Å². The van der Waals surface area contributed by atoms with Crippen LogP contribution in [-0.2, 0) is 13.0 Å². The minimum atomic E-state index is -0.386. The molecule has 0 aliphatic heterocycles. The molecule has 2 rings (SSSR count). The van der Waals surface area contributed by atoms with E-state index in [1.807, 2.05) is 13.8 Å². The molecule has 0 atom stereocenters. The van der Waals surface area contributed by atoms with Gasteiger partial charge in [0.15, 0.2) is 0 Å². The molecule has 0 saturated carbocycles. The van der Waals surface area contributed by atoms with E-state index >= 15 is 0 Å². The first kappa shape index (κ1) is 12.3. The van der Waals surface area contributed by atoms with Crippen LogP contribution in [0.5, 0.6) is 0 Å². The Morgan fingerprint density at radius 1 is 1.44 bits per heavy atom. The Kier molecular flexibility index (Phi) is 3.14. The number of rotatable bonds is 4. The lowest BCUT2D eigenvalue weighted by Crippen LogP contribution is -2.09. The summed E-state index contributed by atoms with van der Waals surface area (Å²) in [5.74, 6) is 1.27. The molecule has 0 aliphatic carbocycles. The lowest BCUT2D eigenvalue weighted by atomic mass is 10.3. The van der Waals surface area contributed by atoms with E-state index in [2.05, 4.69) is 10.1 Å². The van der Waals surface area contributed by atoms with Gasteiger partial charge in [-0.3, -0.25) is 14.7 Å². The zero-order valence-corrected chi connectivity index (χ0v) is 10.6. The van der Waals surface area contributed by atoms with E-state index in [1.54, 1.807) is 28.6 Å². The highest BCUT2D eigenvalue weighted by molar-refractivity contribution is 5.51. The fraction of sp³-hybridized carbons (Fsp3) is 0.455. The minimum absolute atomic E-state index is 0.0459. The van der Waals surface area contributed by atoms with Gasteiger partial charge in [-0.05, 0) is 13.8 Å². The van der Waals surface area contributed by atoms with Gasteiger partial charge in [-0.1, -0.05) is 6.92 Å². The molecule has 96 valence electrons. The molecular weight excluding hydrogens is 234 g/mol. The maximum Gasteiger partial charge on any atom is 0.334 e. The molecule has 0 aliphatic rings. The molecule has 0 spiro atoms. The molecule has 0 unspecified atom stereocenters. The van der Waals surface area contributed by atoms with Gasteiger partial charge in [-0.25, -0.2) is 9.67 Å². The fourth-order valence-corrected chi connectivity index (χ4v) is 2.02. The molecule has 7 nitrogen and oxygen atoms in total. The maximum atomic E-state index is 11.2. The third kappa shape index (κ3) is 1.77. The van der Waals surface area contributed by atoms with Crippen molar-refractivity contribution in [1.82, 2.24) is 19.3 Å². The van der Waals surface area contributed by atoms with Crippen LogP contribution < -0.4 is 0 Å². The Hall–Kier alpha value is -2.18. The quantitative estimate of drug-likeness (QED) is 0.612. The van der Waals surface area contributed by atoms with Gasteiger partial charge >= 0.3 is 5.69 Å². The van der Waals surface area contributed by atoms with Crippen molar-refractivity contribution < 1.29 is 4.92 Å². The molecule has 2 aromatic heterocycles. The summed E-state index contributed by atoms with van der Waals surface area (Å²) in [6.07, 6.45) is 4.08. The van der Waals surface area contributed by atoms with Crippen molar-refractivity contribution in [2.45, 2.75) is 33.7 Å². The van der Waals surface area contributed by atoms with Gasteiger partial charge in [-0.15, -0.1) is 0 Å². The highest BCUT2D eigenvalue weighted by Crippen LogP contribution is 2.27. The zero-order valence-electron chi connectivity index (χ0n) is 10.6. The summed E-state index contributed by atoms with van der Waals surface area (Å²) < 4.78 is 3.37. The third-order valence-corrected chi connectivity index (χ3v) is 2.81. The van der Waals surface area contributed by atoms with Crippen LogP contribution in [0.4, 0.5) is 5.69 Å². The van der Waals surface area contributed by atoms with Crippen molar-refractivity contribution in [3.8, 4) is 5.82 Å². The Balaban J connectivity index is 2.72. The largest absolute Gasteiger partial charge is 0.334 e. The van der Waals surface area contributed by atoms with Gasteiger partial charge in [0.2, 0.25) is 5.82 Å². The van der Waals surface area contributed by atoms with E-state index in [4.69, 9.17) is 0 Å². The van der Waals surface area contributed by atoms with E-state index in [9.17, 15) is 10.1 Å². The summed E-state index contributed by atoms with van der Waals surface area (Å²) in [6, 6.07) is 0. The standard InChI is InChI=1S/C11H15N5O2/c1-4-9-12-6-7-14(9)11-10(16(17)18)8(3)13-15(11)5-2/h6-7H,4-5H2,1-3H3. The Bertz CT molecular complexity index is 584. The average Bonchev–Trinajstić information content (AvgIpc) is 2.91. The molecule has 2 heterocycles. The first-order chi connectivity index (χ1) is 8.60. The molecule has 0 amide bonds. The fourth-order valence-electron chi connectivity index (χ4n) is 2.02. The van der Waals surface area contributed by atoms with Crippen LogP contribution in [0.15, 0.2) is 12.4 Å². The van der Waals surface area contributed by atoms with Gasteiger partial charge in [0.1, 0.15) is 11.5 Å². The zero-order chi connectivity index (χ0) is 13.3. The smallest absolute Gasteiger partial charge is 0.282 e. The van der Waals surface area contributed by atoms with Crippen LogP contribution in [0.3, 0.4) is 0 Å². The van der Waals surface area contributed by atoms with E-state index in [0.717, 1.165) is 5.82 Å². The summed E-state index contributed by atoms with van der Waals surface area (Å²) in [6.45, 7) is 6.09. The molecular formula is C11H15N5O2. The maximum absolute atomic E-state index is 11.2. The second kappa shape index (κ2) is 4.59. The second-order valence-corrected chi connectivity index (χ2v) is 3.90. The van der Waals surface area contributed by atoms with Crippen molar-refractivity contribution in [2.75, 3.05) is 0 Å². The molecule has 0 fully saturated rings. The number of nitro groups is 1. The second-order valence-electron chi connectivity index (χ2n) is 3.90. The first-order valence-corrected chi connectivity index (χ1v) is 5.84. The van der Waals surface area contributed by atoms with Crippen molar-refractivity contribution in [1.29, 1.82) is 0 Å². The van der Waals surface area contributed by atoms with Crippen LogP contribution in [0.25, 0.3) is 5.82 Å². The predicted molar refractivity (Wildman–Crippen MR) is 65.8 cm³/mol. The van der Waals surface area contributed by atoms with Crippen molar-refractivity contribution in [3.63, 3.8) is 0 Å². The van der Waals surface area contributed by atoms with Crippen molar-refractivity contribution in [2.24, 2.45) is 0 Å². The lowest BCUT2D eigenvalue weighted by molar-refractivity contribution is -0.385. The van der Waals surface area contributed by atoms with Gasteiger partial charge < -0.3 is 0 Å². The molecule has 0 bridgehead atoms. The van der Waals surface area contributed by atoms with E-state index in [1.165, 1.54) is 0 Å². The summed E-state index contributed by atoms with van der Waals surface area (Å²) >= 11 is 0. The number of nitrogens with zero attached hydrogens (tertiary/aromatic N) is 5. The monoisotopic (exact) mass is 249 g/mol. The molecule has 0 N–H and O–H groups in total. The van der Waals surface area contributed by atoms with Crippen LogP contribution in [0.1, 0.15) is 25.4 Å². The average molecular weight is 249 g/mol. The summed E-state index contributed by atoms with van der Waals surface area (Å²) in [5.41, 5.74) is 0.470. The predicted octanol–water partition coefficient (Wildman–Crippen LogP) is 1.87. The number of imidazole rings is 1. The highest BCUT2D eigenvalue weighted by Gasteiger charge is 2.27. The normalized spacial score (nSPS) is 10.8. The van der Waals surface area contributed by atoms with Crippen molar-refractivity contribution >= 4 is 5.69 Å². The Morgan fingerprint density at radius 2 is 2.17 bits per heavy atom. The molecule has 18 heavy (non-hydrogen) atoms. The Morgan fingerprint density at radius 3 is 2.72 bits per heavy atom. The number of aryl methyl sites for hydroxylation is 3. The van der Waals surface area contributed by atoms with E-state index in [-0.39, 0.29) is 10.6 Å². The molecule has 0 radical (unpaired) electrons. The van der Waals surface area contributed by atoms with Crippen LogP contribution in [-0.4, -0.2) is 24.3 Å².